The first kappa shape index (κ1) is 16.4. The van der Waals surface area contributed by atoms with Gasteiger partial charge in [-0.2, -0.15) is 0 Å². The molecule has 0 radical (unpaired) electrons. The van der Waals surface area contributed by atoms with Crippen molar-refractivity contribution in [2.45, 2.75) is 26.9 Å². The normalized spacial score (nSPS) is 12.2. The number of hydrogen-bond acceptors (Lipinski definition) is 3. The van der Waals surface area contributed by atoms with Crippen LogP contribution in [0.4, 0.5) is 0 Å². The van der Waals surface area contributed by atoms with Crippen LogP contribution < -0.4 is 10.1 Å². The van der Waals surface area contributed by atoms with Crippen molar-refractivity contribution < 1.29 is 9.53 Å². The lowest BCUT2D eigenvalue weighted by atomic mass is 10.2. The molecular formula is C16H20ClN3O2. The Morgan fingerprint density at radius 2 is 2.00 bits per heavy atom. The number of aromatic nitrogens is 2. The molecule has 0 fully saturated rings. The molecule has 2 aromatic rings. The molecule has 0 aliphatic carbocycles. The molecule has 1 aromatic carbocycles. The predicted octanol–water partition coefficient (Wildman–Crippen LogP) is 3.07. The zero-order valence-corrected chi connectivity index (χ0v) is 13.7. The Morgan fingerprint density at radius 1 is 1.32 bits per heavy atom. The van der Waals surface area contributed by atoms with Gasteiger partial charge in [0.2, 0.25) is 0 Å². The molecule has 0 aliphatic rings. The SMILES string of the molecule is CC(C)CNC(=O)[C@H](C)Oc1nn(-c2ccccc2)cc1Cl. The van der Waals surface area contributed by atoms with E-state index in [9.17, 15) is 4.79 Å². The summed E-state index contributed by atoms with van der Waals surface area (Å²) >= 11 is 6.13. The van der Waals surface area contributed by atoms with E-state index in [0.717, 1.165) is 5.69 Å². The molecule has 22 heavy (non-hydrogen) atoms. The second-order valence-electron chi connectivity index (χ2n) is 5.46. The first-order chi connectivity index (χ1) is 10.5. The van der Waals surface area contributed by atoms with E-state index in [4.69, 9.17) is 16.3 Å². The maximum atomic E-state index is 11.9. The van der Waals surface area contributed by atoms with Crippen LogP contribution in [0.5, 0.6) is 5.88 Å². The van der Waals surface area contributed by atoms with Crippen molar-refractivity contribution in [3.05, 3.63) is 41.6 Å². The molecule has 6 heteroatoms. The number of ether oxygens (including phenoxy) is 1. The summed E-state index contributed by atoms with van der Waals surface area (Å²) in [6.45, 7) is 6.35. The van der Waals surface area contributed by atoms with E-state index in [0.29, 0.717) is 17.5 Å². The molecule has 0 bridgehead atoms. The lowest BCUT2D eigenvalue weighted by Crippen LogP contribution is -2.38. The van der Waals surface area contributed by atoms with E-state index in [-0.39, 0.29) is 11.8 Å². The molecule has 5 nitrogen and oxygen atoms in total. The van der Waals surface area contributed by atoms with Gasteiger partial charge in [-0.05, 0) is 25.0 Å². The van der Waals surface area contributed by atoms with Crippen LogP contribution in [0.15, 0.2) is 36.5 Å². The Hall–Kier alpha value is -2.01. The quantitative estimate of drug-likeness (QED) is 0.889. The molecule has 118 valence electrons. The molecule has 1 atom stereocenters. The molecule has 1 N–H and O–H groups in total. The summed E-state index contributed by atoms with van der Waals surface area (Å²) in [6.07, 6.45) is 1.00. The number of carbonyl (C=O) groups excluding carboxylic acids is 1. The van der Waals surface area contributed by atoms with Crippen molar-refractivity contribution in [2.24, 2.45) is 5.92 Å². The maximum absolute atomic E-state index is 11.9. The summed E-state index contributed by atoms with van der Waals surface area (Å²) in [5.41, 5.74) is 0.871. The van der Waals surface area contributed by atoms with Crippen LogP contribution in [0.25, 0.3) is 5.69 Å². The minimum atomic E-state index is -0.657. The number of carbonyl (C=O) groups is 1. The van der Waals surface area contributed by atoms with Crippen LogP contribution in [0.2, 0.25) is 5.02 Å². The standard InChI is InChI=1S/C16H20ClN3O2/c1-11(2)9-18-15(21)12(3)22-16-14(17)10-20(19-16)13-7-5-4-6-8-13/h4-8,10-12H,9H2,1-3H3,(H,18,21)/t12-/m0/s1. The van der Waals surface area contributed by atoms with Crippen LogP contribution in [-0.4, -0.2) is 28.3 Å². The Balaban J connectivity index is 2.04. The summed E-state index contributed by atoms with van der Waals surface area (Å²) in [5.74, 6) is 0.453. The molecular weight excluding hydrogens is 302 g/mol. The van der Waals surface area contributed by atoms with E-state index in [1.165, 1.54) is 0 Å². The molecule has 2 rings (SSSR count). The molecule has 1 heterocycles. The number of halogens is 1. The van der Waals surface area contributed by atoms with Crippen molar-refractivity contribution >= 4 is 17.5 Å². The van der Waals surface area contributed by atoms with E-state index >= 15 is 0 Å². The van der Waals surface area contributed by atoms with E-state index in [1.54, 1.807) is 17.8 Å². The van der Waals surface area contributed by atoms with Crippen LogP contribution in [-0.2, 0) is 4.79 Å². The largest absolute Gasteiger partial charge is 0.462 e. The second-order valence-corrected chi connectivity index (χ2v) is 5.87. The Kier molecular flexibility index (Phi) is 5.44. The first-order valence-corrected chi connectivity index (χ1v) is 7.60. The average Bonchev–Trinajstić information content (AvgIpc) is 2.86. The van der Waals surface area contributed by atoms with Gasteiger partial charge in [-0.25, -0.2) is 4.68 Å². The highest BCUT2D eigenvalue weighted by Gasteiger charge is 2.18. The van der Waals surface area contributed by atoms with Gasteiger partial charge in [-0.15, -0.1) is 5.10 Å². The van der Waals surface area contributed by atoms with Crippen LogP contribution >= 0.6 is 11.6 Å². The Bertz CT molecular complexity index is 626. The van der Waals surface area contributed by atoms with Gasteiger partial charge in [0.15, 0.2) is 6.10 Å². The summed E-state index contributed by atoms with van der Waals surface area (Å²) in [6, 6.07) is 9.56. The molecule has 1 aromatic heterocycles. The van der Waals surface area contributed by atoms with E-state index in [1.807, 2.05) is 44.2 Å². The number of hydrogen-bond donors (Lipinski definition) is 1. The predicted molar refractivity (Wildman–Crippen MR) is 86.5 cm³/mol. The molecule has 0 unspecified atom stereocenters. The number of para-hydroxylation sites is 1. The highest BCUT2D eigenvalue weighted by molar-refractivity contribution is 6.31. The van der Waals surface area contributed by atoms with Gasteiger partial charge in [0.25, 0.3) is 11.8 Å². The highest BCUT2D eigenvalue weighted by Crippen LogP contribution is 2.24. The monoisotopic (exact) mass is 321 g/mol. The molecule has 0 saturated carbocycles. The van der Waals surface area contributed by atoms with Gasteiger partial charge < -0.3 is 10.1 Å². The van der Waals surface area contributed by atoms with Crippen LogP contribution in [0.1, 0.15) is 20.8 Å². The van der Waals surface area contributed by atoms with E-state index in [2.05, 4.69) is 10.4 Å². The highest BCUT2D eigenvalue weighted by atomic mass is 35.5. The Morgan fingerprint density at radius 3 is 2.64 bits per heavy atom. The Labute approximate surface area is 135 Å². The zero-order chi connectivity index (χ0) is 16.1. The lowest BCUT2D eigenvalue weighted by Gasteiger charge is -2.14. The molecule has 0 aliphatic heterocycles. The van der Waals surface area contributed by atoms with Gasteiger partial charge >= 0.3 is 0 Å². The van der Waals surface area contributed by atoms with Gasteiger partial charge in [0.1, 0.15) is 5.02 Å². The van der Waals surface area contributed by atoms with Crippen molar-refractivity contribution in [1.82, 2.24) is 15.1 Å². The van der Waals surface area contributed by atoms with Gasteiger partial charge in [0.05, 0.1) is 11.9 Å². The second kappa shape index (κ2) is 7.31. The summed E-state index contributed by atoms with van der Waals surface area (Å²) in [4.78, 5) is 11.9. The van der Waals surface area contributed by atoms with Crippen molar-refractivity contribution in [2.75, 3.05) is 6.54 Å². The average molecular weight is 322 g/mol. The smallest absolute Gasteiger partial charge is 0.260 e. The third-order valence-electron chi connectivity index (χ3n) is 3.00. The van der Waals surface area contributed by atoms with Gasteiger partial charge in [-0.1, -0.05) is 43.6 Å². The fourth-order valence-corrected chi connectivity index (χ4v) is 1.97. The fourth-order valence-electron chi connectivity index (χ4n) is 1.80. The fraction of sp³-hybridized carbons (Fsp3) is 0.375. The summed E-state index contributed by atoms with van der Waals surface area (Å²) in [7, 11) is 0. The summed E-state index contributed by atoms with van der Waals surface area (Å²) < 4.78 is 7.19. The van der Waals surface area contributed by atoms with Crippen LogP contribution in [0.3, 0.4) is 0 Å². The number of nitrogens with one attached hydrogen (secondary N) is 1. The number of rotatable bonds is 6. The third-order valence-corrected chi connectivity index (χ3v) is 3.26. The molecule has 0 spiro atoms. The van der Waals surface area contributed by atoms with Gasteiger partial charge in [0, 0.05) is 6.54 Å². The number of nitrogens with zero attached hydrogens (tertiary/aromatic N) is 2. The minimum absolute atomic E-state index is 0.181. The van der Waals surface area contributed by atoms with E-state index < -0.39 is 6.10 Å². The zero-order valence-electron chi connectivity index (χ0n) is 12.9. The third kappa shape index (κ3) is 4.24. The first-order valence-electron chi connectivity index (χ1n) is 7.22. The van der Waals surface area contributed by atoms with Crippen molar-refractivity contribution in [3.63, 3.8) is 0 Å². The van der Waals surface area contributed by atoms with Crippen molar-refractivity contribution in [3.8, 4) is 11.6 Å². The number of amides is 1. The maximum Gasteiger partial charge on any atom is 0.260 e. The minimum Gasteiger partial charge on any atom is -0.462 e. The lowest BCUT2D eigenvalue weighted by molar-refractivity contribution is -0.127. The molecule has 0 saturated heterocycles. The number of benzene rings is 1. The summed E-state index contributed by atoms with van der Waals surface area (Å²) in [5, 5.41) is 7.47. The molecule has 1 amide bonds. The van der Waals surface area contributed by atoms with Crippen LogP contribution in [0, 0.1) is 5.92 Å². The van der Waals surface area contributed by atoms with Crippen molar-refractivity contribution in [1.29, 1.82) is 0 Å². The topological polar surface area (TPSA) is 56.1 Å². The van der Waals surface area contributed by atoms with Gasteiger partial charge in [-0.3, -0.25) is 4.79 Å².